The van der Waals surface area contributed by atoms with Gasteiger partial charge in [-0.05, 0) is 63.3 Å². The highest BCUT2D eigenvalue weighted by Gasteiger charge is 2.41. The highest BCUT2D eigenvalue weighted by molar-refractivity contribution is 5.01. The molecule has 20 heavy (non-hydrogen) atoms. The zero-order valence-corrected chi connectivity index (χ0v) is 13.1. The third-order valence-electron chi connectivity index (χ3n) is 6.38. The van der Waals surface area contributed by atoms with Crippen molar-refractivity contribution >= 4 is 0 Å². The zero-order chi connectivity index (χ0) is 13.9. The Kier molecular flexibility index (Phi) is 4.66. The number of likely N-dealkylation sites (tertiary alicyclic amines) is 1. The van der Waals surface area contributed by atoms with Gasteiger partial charge >= 0.3 is 0 Å². The average Bonchev–Trinajstić information content (AvgIpc) is 3.16. The van der Waals surface area contributed by atoms with E-state index < -0.39 is 0 Å². The fourth-order valence-corrected chi connectivity index (χ4v) is 5.19. The molecular weight excluding hydrogens is 244 g/mol. The van der Waals surface area contributed by atoms with Crippen molar-refractivity contribution in [1.29, 1.82) is 5.26 Å². The molecule has 0 aromatic heterocycles. The molecule has 2 aliphatic carbocycles. The summed E-state index contributed by atoms with van der Waals surface area (Å²) in [6.45, 7) is 3.59. The summed E-state index contributed by atoms with van der Waals surface area (Å²) in [6, 6.07) is 4.03. The van der Waals surface area contributed by atoms with Gasteiger partial charge in [0, 0.05) is 12.1 Å². The summed E-state index contributed by atoms with van der Waals surface area (Å²) in [7, 11) is 0. The van der Waals surface area contributed by atoms with E-state index >= 15 is 0 Å². The SMILES string of the molecule is CCC1CCC(C#N)C(N2CCCC2C2CCCC2)C1. The Balaban J connectivity index is 1.72. The summed E-state index contributed by atoms with van der Waals surface area (Å²) in [5.41, 5.74) is 0. The van der Waals surface area contributed by atoms with E-state index in [9.17, 15) is 5.26 Å². The molecule has 2 nitrogen and oxygen atoms in total. The molecule has 3 rings (SSSR count). The molecule has 112 valence electrons. The van der Waals surface area contributed by atoms with E-state index in [-0.39, 0.29) is 0 Å². The van der Waals surface area contributed by atoms with Crippen molar-refractivity contribution in [2.45, 2.75) is 83.2 Å². The Bertz CT molecular complexity index is 353. The van der Waals surface area contributed by atoms with Crippen LogP contribution in [0.15, 0.2) is 0 Å². The quantitative estimate of drug-likeness (QED) is 0.764. The first-order valence-electron chi connectivity index (χ1n) is 8.98. The van der Waals surface area contributed by atoms with E-state index in [2.05, 4.69) is 17.9 Å². The van der Waals surface area contributed by atoms with Crippen LogP contribution < -0.4 is 0 Å². The lowest BCUT2D eigenvalue weighted by Gasteiger charge is -2.42. The maximum Gasteiger partial charge on any atom is 0.0672 e. The first-order valence-corrected chi connectivity index (χ1v) is 8.98. The van der Waals surface area contributed by atoms with Crippen molar-refractivity contribution < 1.29 is 0 Å². The molecule has 1 aliphatic heterocycles. The van der Waals surface area contributed by atoms with Gasteiger partial charge in [0.05, 0.1) is 12.0 Å². The molecule has 2 heteroatoms. The van der Waals surface area contributed by atoms with Crippen molar-refractivity contribution in [3.63, 3.8) is 0 Å². The molecular formula is C18H30N2. The smallest absolute Gasteiger partial charge is 0.0672 e. The highest BCUT2D eigenvalue weighted by Crippen LogP contribution is 2.41. The largest absolute Gasteiger partial charge is 0.296 e. The van der Waals surface area contributed by atoms with Crippen molar-refractivity contribution in [3.8, 4) is 6.07 Å². The van der Waals surface area contributed by atoms with Crippen LogP contribution in [0, 0.1) is 29.1 Å². The number of rotatable bonds is 3. The Hall–Kier alpha value is -0.550. The minimum atomic E-state index is 0.305. The van der Waals surface area contributed by atoms with Gasteiger partial charge in [0.25, 0.3) is 0 Å². The second kappa shape index (κ2) is 6.48. The van der Waals surface area contributed by atoms with Gasteiger partial charge in [-0.25, -0.2) is 0 Å². The van der Waals surface area contributed by atoms with E-state index in [0.717, 1.165) is 24.3 Å². The molecule has 1 heterocycles. The summed E-state index contributed by atoms with van der Waals surface area (Å²) in [5, 5.41) is 9.56. The monoisotopic (exact) mass is 274 g/mol. The molecule has 4 atom stereocenters. The Morgan fingerprint density at radius 3 is 2.50 bits per heavy atom. The summed E-state index contributed by atoms with van der Waals surface area (Å²) < 4.78 is 0. The van der Waals surface area contributed by atoms with E-state index in [1.165, 1.54) is 64.3 Å². The molecule has 3 fully saturated rings. The molecule has 1 saturated heterocycles. The lowest BCUT2D eigenvalue weighted by atomic mass is 9.76. The van der Waals surface area contributed by atoms with Crippen LogP contribution >= 0.6 is 0 Å². The standard InChI is InChI=1S/C18H30N2/c1-2-14-9-10-16(13-19)18(12-14)20-11-5-8-17(20)15-6-3-4-7-15/h14-18H,2-12H2,1H3. The number of hydrogen-bond donors (Lipinski definition) is 0. The number of nitriles is 1. The summed E-state index contributed by atoms with van der Waals surface area (Å²) >= 11 is 0. The second-order valence-electron chi connectivity index (χ2n) is 7.38. The topological polar surface area (TPSA) is 27.0 Å². The molecule has 4 unspecified atom stereocenters. The maximum atomic E-state index is 9.56. The van der Waals surface area contributed by atoms with Crippen LogP contribution in [0.1, 0.15) is 71.1 Å². The van der Waals surface area contributed by atoms with Crippen LogP contribution in [-0.4, -0.2) is 23.5 Å². The van der Waals surface area contributed by atoms with Crippen molar-refractivity contribution in [2.75, 3.05) is 6.54 Å². The molecule has 0 N–H and O–H groups in total. The molecule has 0 bridgehead atoms. The normalized spacial score (nSPS) is 40.0. The van der Waals surface area contributed by atoms with Crippen LogP contribution in [-0.2, 0) is 0 Å². The average molecular weight is 274 g/mol. The molecule has 0 aromatic rings. The zero-order valence-electron chi connectivity index (χ0n) is 13.1. The fourth-order valence-electron chi connectivity index (χ4n) is 5.19. The predicted octanol–water partition coefficient (Wildman–Crippen LogP) is 4.36. The van der Waals surface area contributed by atoms with Gasteiger partial charge < -0.3 is 0 Å². The van der Waals surface area contributed by atoms with Crippen molar-refractivity contribution in [2.24, 2.45) is 17.8 Å². The van der Waals surface area contributed by atoms with Gasteiger partial charge in [0.2, 0.25) is 0 Å². The molecule has 3 aliphatic rings. The first-order chi connectivity index (χ1) is 9.83. The number of nitrogens with zero attached hydrogens (tertiary/aromatic N) is 2. The molecule has 0 spiro atoms. The number of hydrogen-bond acceptors (Lipinski definition) is 2. The van der Waals surface area contributed by atoms with Crippen molar-refractivity contribution in [1.82, 2.24) is 4.90 Å². The molecule has 0 radical (unpaired) electrons. The van der Waals surface area contributed by atoms with E-state index in [0.29, 0.717) is 12.0 Å². The van der Waals surface area contributed by atoms with Crippen LogP contribution in [0.4, 0.5) is 0 Å². The first kappa shape index (κ1) is 14.4. The van der Waals surface area contributed by atoms with Gasteiger partial charge in [-0.2, -0.15) is 5.26 Å². The van der Waals surface area contributed by atoms with Crippen LogP contribution in [0.3, 0.4) is 0 Å². The molecule has 2 saturated carbocycles. The lowest BCUT2D eigenvalue weighted by molar-refractivity contribution is 0.0660. The minimum Gasteiger partial charge on any atom is -0.296 e. The summed E-state index contributed by atoms with van der Waals surface area (Å²) in [5.74, 6) is 2.12. The third-order valence-corrected chi connectivity index (χ3v) is 6.38. The Labute approximate surface area is 124 Å². The maximum absolute atomic E-state index is 9.56. The third kappa shape index (κ3) is 2.75. The van der Waals surface area contributed by atoms with Crippen LogP contribution in [0.5, 0.6) is 0 Å². The highest BCUT2D eigenvalue weighted by atomic mass is 15.2. The summed E-state index contributed by atoms with van der Waals surface area (Å²) in [6.07, 6.45) is 13.6. The second-order valence-corrected chi connectivity index (χ2v) is 7.38. The van der Waals surface area contributed by atoms with Crippen LogP contribution in [0.25, 0.3) is 0 Å². The minimum absolute atomic E-state index is 0.305. The van der Waals surface area contributed by atoms with Gasteiger partial charge in [-0.15, -0.1) is 0 Å². The Morgan fingerprint density at radius 2 is 1.80 bits per heavy atom. The van der Waals surface area contributed by atoms with Crippen LogP contribution in [0.2, 0.25) is 0 Å². The van der Waals surface area contributed by atoms with Crippen molar-refractivity contribution in [3.05, 3.63) is 0 Å². The van der Waals surface area contributed by atoms with E-state index in [1.807, 2.05) is 0 Å². The van der Waals surface area contributed by atoms with Gasteiger partial charge in [-0.3, -0.25) is 4.90 Å². The van der Waals surface area contributed by atoms with Gasteiger partial charge in [-0.1, -0.05) is 26.2 Å². The van der Waals surface area contributed by atoms with Gasteiger partial charge in [0.15, 0.2) is 0 Å². The van der Waals surface area contributed by atoms with Gasteiger partial charge in [0.1, 0.15) is 0 Å². The Morgan fingerprint density at radius 1 is 1.00 bits per heavy atom. The van der Waals surface area contributed by atoms with E-state index in [4.69, 9.17) is 0 Å². The summed E-state index contributed by atoms with van der Waals surface area (Å²) in [4.78, 5) is 2.80. The van der Waals surface area contributed by atoms with E-state index in [1.54, 1.807) is 0 Å². The molecule has 0 amide bonds. The molecule has 0 aromatic carbocycles. The fraction of sp³-hybridized carbons (Fsp3) is 0.944. The lowest BCUT2D eigenvalue weighted by Crippen LogP contribution is -2.48. The predicted molar refractivity (Wildman–Crippen MR) is 82.2 cm³/mol.